The molecule has 0 saturated carbocycles. The van der Waals surface area contributed by atoms with Gasteiger partial charge in [0.2, 0.25) is 0 Å². The molecule has 1 rings (SSSR count). The number of hydrogen-bond acceptors (Lipinski definition) is 1. The highest BCUT2D eigenvalue weighted by molar-refractivity contribution is 6.42. The first-order chi connectivity index (χ1) is 5.97. The van der Waals surface area contributed by atoms with Crippen LogP contribution in [0.2, 0.25) is 10.0 Å². The van der Waals surface area contributed by atoms with Gasteiger partial charge in [-0.3, -0.25) is 0 Å². The van der Waals surface area contributed by atoms with Crippen LogP contribution >= 0.6 is 23.2 Å². The van der Waals surface area contributed by atoms with E-state index >= 15 is 0 Å². The van der Waals surface area contributed by atoms with E-state index in [-0.39, 0.29) is 0 Å². The fourth-order valence-electron chi connectivity index (χ4n) is 1.04. The van der Waals surface area contributed by atoms with Crippen LogP contribution in [-0.2, 0) is 5.60 Å². The van der Waals surface area contributed by atoms with E-state index in [1.54, 1.807) is 25.1 Å². The van der Waals surface area contributed by atoms with Gasteiger partial charge in [-0.2, -0.15) is 0 Å². The van der Waals surface area contributed by atoms with Crippen molar-refractivity contribution in [1.82, 2.24) is 0 Å². The van der Waals surface area contributed by atoms with Crippen molar-refractivity contribution in [2.24, 2.45) is 0 Å². The van der Waals surface area contributed by atoms with Crippen LogP contribution in [0.5, 0.6) is 0 Å². The summed E-state index contributed by atoms with van der Waals surface area (Å²) in [5.41, 5.74) is -0.0294. The predicted molar refractivity (Wildman–Crippen MR) is 56.3 cm³/mol. The van der Waals surface area contributed by atoms with E-state index in [4.69, 9.17) is 23.2 Å². The Morgan fingerprint density at radius 2 is 1.92 bits per heavy atom. The van der Waals surface area contributed by atoms with Crippen LogP contribution in [0.4, 0.5) is 0 Å². The Kier molecular flexibility index (Phi) is 3.23. The van der Waals surface area contributed by atoms with Crippen LogP contribution in [0, 0.1) is 0 Å². The summed E-state index contributed by atoms with van der Waals surface area (Å²) in [6.45, 7) is 3.68. The van der Waals surface area contributed by atoms with E-state index in [0.717, 1.165) is 5.56 Å². The molecule has 0 unspecified atom stereocenters. The van der Waals surface area contributed by atoms with Crippen LogP contribution in [0.15, 0.2) is 18.2 Å². The molecular weight excluding hydrogens is 207 g/mol. The van der Waals surface area contributed by atoms with Gasteiger partial charge in [0.25, 0.3) is 0 Å². The van der Waals surface area contributed by atoms with Crippen LogP contribution in [0.25, 0.3) is 0 Å². The Morgan fingerprint density at radius 3 is 2.38 bits per heavy atom. The van der Waals surface area contributed by atoms with E-state index in [9.17, 15) is 5.11 Å². The highest BCUT2D eigenvalue weighted by Gasteiger charge is 2.20. The quantitative estimate of drug-likeness (QED) is 0.805. The monoisotopic (exact) mass is 218 g/mol. The molecule has 1 nitrogen and oxygen atoms in total. The summed E-state index contributed by atoms with van der Waals surface area (Å²) in [6, 6.07) is 5.19. The molecule has 0 radical (unpaired) electrons. The first-order valence-corrected chi connectivity index (χ1v) is 4.91. The van der Waals surface area contributed by atoms with Gasteiger partial charge < -0.3 is 5.11 Å². The molecule has 0 aliphatic carbocycles. The average Bonchev–Trinajstić information content (AvgIpc) is 2.09. The number of halogens is 2. The lowest BCUT2D eigenvalue weighted by Crippen LogP contribution is -2.19. The molecule has 13 heavy (non-hydrogen) atoms. The minimum Gasteiger partial charge on any atom is -0.385 e. The van der Waals surface area contributed by atoms with Gasteiger partial charge in [0, 0.05) is 0 Å². The highest BCUT2D eigenvalue weighted by Crippen LogP contribution is 2.30. The molecule has 72 valence electrons. The Hall–Kier alpha value is -0.240. The lowest BCUT2D eigenvalue weighted by molar-refractivity contribution is 0.0531. The Morgan fingerprint density at radius 1 is 1.31 bits per heavy atom. The number of hydrogen-bond donors (Lipinski definition) is 1. The Balaban J connectivity index is 3.10. The topological polar surface area (TPSA) is 20.2 Å². The average molecular weight is 219 g/mol. The molecule has 0 heterocycles. The fraction of sp³-hybridized carbons (Fsp3) is 0.400. The normalized spacial score (nSPS) is 15.5. The molecule has 0 aliphatic heterocycles. The second-order valence-corrected chi connectivity index (χ2v) is 4.07. The summed E-state index contributed by atoms with van der Waals surface area (Å²) in [4.78, 5) is 0. The maximum atomic E-state index is 9.91. The first-order valence-electron chi connectivity index (χ1n) is 4.15. The number of aliphatic hydroxyl groups is 1. The van der Waals surface area contributed by atoms with Crippen molar-refractivity contribution in [2.75, 3.05) is 0 Å². The van der Waals surface area contributed by atoms with Gasteiger partial charge in [-0.15, -0.1) is 0 Å². The summed E-state index contributed by atoms with van der Waals surface area (Å²) < 4.78 is 0. The highest BCUT2D eigenvalue weighted by atomic mass is 35.5. The van der Waals surface area contributed by atoms with Crippen LogP contribution in [0.1, 0.15) is 25.8 Å². The molecule has 0 aromatic heterocycles. The van der Waals surface area contributed by atoms with Crippen molar-refractivity contribution in [2.45, 2.75) is 25.9 Å². The molecule has 1 N–H and O–H groups in total. The van der Waals surface area contributed by atoms with E-state index in [0.29, 0.717) is 16.5 Å². The van der Waals surface area contributed by atoms with Crippen molar-refractivity contribution in [3.63, 3.8) is 0 Å². The van der Waals surface area contributed by atoms with Crippen LogP contribution < -0.4 is 0 Å². The Bertz CT molecular complexity index is 308. The van der Waals surface area contributed by atoms with Crippen LogP contribution in [0.3, 0.4) is 0 Å². The third kappa shape index (κ3) is 2.37. The molecule has 0 saturated heterocycles. The SMILES string of the molecule is CC[C@@](C)(O)c1ccc(Cl)c(Cl)c1. The van der Waals surface area contributed by atoms with Crippen molar-refractivity contribution < 1.29 is 5.11 Å². The van der Waals surface area contributed by atoms with Gasteiger partial charge in [0.1, 0.15) is 0 Å². The molecule has 0 amide bonds. The lowest BCUT2D eigenvalue weighted by atomic mass is 9.94. The summed E-state index contributed by atoms with van der Waals surface area (Å²) in [7, 11) is 0. The lowest BCUT2D eigenvalue weighted by Gasteiger charge is -2.22. The molecule has 0 bridgehead atoms. The Labute approximate surface area is 88.3 Å². The van der Waals surface area contributed by atoms with Gasteiger partial charge in [0.05, 0.1) is 15.6 Å². The molecule has 1 aromatic rings. The summed E-state index contributed by atoms with van der Waals surface area (Å²) in [5, 5.41) is 10.9. The molecular formula is C10H12Cl2O. The van der Waals surface area contributed by atoms with Crippen molar-refractivity contribution in [1.29, 1.82) is 0 Å². The summed E-state index contributed by atoms with van der Waals surface area (Å²) in [5.74, 6) is 0. The molecule has 3 heteroatoms. The van der Waals surface area contributed by atoms with Crippen molar-refractivity contribution in [3.8, 4) is 0 Å². The first kappa shape index (κ1) is 10.8. The summed E-state index contributed by atoms with van der Waals surface area (Å²) >= 11 is 11.6. The molecule has 1 aromatic carbocycles. The number of benzene rings is 1. The van der Waals surface area contributed by atoms with Gasteiger partial charge in [0.15, 0.2) is 0 Å². The van der Waals surface area contributed by atoms with Crippen molar-refractivity contribution in [3.05, 3.63) is 33.8 Å². The van der Waals surface area contributed by atoms with E-state index in [1.807, 2.05) is 6.92 Å². The molecule has 0 spiro atoms. The van der Waals surface area contributed by atoms with E-state index in [1.165, 1.54) is 0 Å². The molecule has 0 fully saturated rings. The maximum absolute atomic E-state index is 9.91. The fourth-order valence-corrected chi connectivity index (χ4v) is 1.33. The van der Waals surface area contributed by atoms with E-state index < -0.39 is 5.60 Å². The van der Waals surface area contributed by atoms with Gasteiger partial charge in [-0.1, -0.05) is 36.2 Å². The minimum atomic E-state index is -0.825. The minimum absolute atomic E-state index is 0.480. The standard InChI is InChI=1S/C10H12Cl2O/c1-3-10(2,13)7-4-5-8(11)9(12)6-7/h4-6,13H,3H2,1-2H3/t10-/m1/s1. The number of rotatable bonds is 2. The second kappa shape index (κ2) is 3.87. The van der Waals surface area contributed by atoms with Crippen molar-refractivity contribution >= 4 is 23.2 Å². The zero-order valence-electron chi connectivity index (χ0n) is 7.64. The molecule has 1 atom stereocenters. The van der Waals surface area contributed by atoms with Gasteiger partial charge in [-0.25, -0.2) is 0 Å². The zero-order valence-corrected chi connectivity index (χ0v) is 9.15. The van der Waals surface area contributed by atoms with Gasteiger partial charge >= 0.3 is 0 Å². The predicted octanol–water partition coefficient (Wildman–Crippen LogP) is 3.61. The zero-order chi connectivity index (χ0) is 10.1. The van der Waals surface area contributed by atoms with Gasteiger partial charge in [-0.05, 0) is 31.0 Å². The maximum Gasteiger partial charge on any atom is 0.0866 e. The smallest absolute Gasteiger partial charge is 0.0866 e. The molecule has 0 aliphatic rings. The second-order valence-electron chi connectivity index (χ2n) is 3.26. The van der Waals surface area contributed by atoms with Crippen LogP contribution in [-0.4, -0.2) is 5.11 Å². The third-order valence-electron chi connectivity index (χ3n) is 2.23. The largest absolute Gasteiger partial charge is 0.385 e. The summed E-state index contributed by atoms with van der Waals surface area (Å²) in [6.07, 6.45) is 0.644. The van der Waals surface area contributed by atoms with E-state index in [2.05, 4.69) is 0 Å². The third-order valence-corrected chi connectivity index (χ3v) is 2.97.